The Morgan fingerprint density at radius 2 is 1.50 bits per heavy atom. The molecule has 140 valence electrons. The summed E-state index contributed by atoms with van der Waals surface area (Å²) in [6, 6.07) is 15.9. The molecule has 2 rings (SSSR count). The van der Waals surface area contributed by atoms with Gasteiger partial charge in [-0.25, -0.2) is 0 Å². The van der Waals surface area contributed by atoms with E-state index < -0.39 is 0 Å². The summed E-state index contributed by atoms with van der Waals surface area (Å²) in [5.74, 6) is 1.35. The fraction of sp³-hybridized carbons (Fsp3) is 0.409. The molecule has 4 heteroatoms. The molecular formula is C22H29NO3. The Labute approximate surface area is 156 Å². The van der Waals surface area contributed by atoms with Crippen LogP contribution in [-0.4, -0.2) is 25.7 Å². The Hall–Kier alpha value is -2.49. The number of carbonyl (C=O) groups is 1. The van der Waals surface area contributed by atoms with Gasteiger partial charge in [-0.15, -0.1) is 0 Å². The normalized spacial score (nSPS) is 11.1. The fourth-order valence-corrected chi connectivity index (χ4v) is 2.43. The van der Waals surface area contributed by atoms with E-state index in [2.05, 4.69) is 45.1 Å². The summed E-state index contributed by atoms with van der Waals surface area (Å²) in [5, 5.41) is 2.79. The number of benzene rings is 2. The maximum absolute atomic E-state index is 11.8. The molecule has 0 radical (unpaired) electrons. The minimum atomic E-state index is -0.156. The largest absolute Gasteiger partial charge is 0.492 e. The van der Waals surface area contributed by atoms with Crippen molar-refractivity contribution in [3.8, 4) is 11.5 Å². The lowest BCUT2D eigenvalue weighted by atomic mass is 9.87. The molecule has 1 N–H and O–H groups in total. The predicted octanol–water partition coefficient (Wildman–Crippen LogP) is 4.12. The number of hydrogen-bond acceptors (Lipinski definition) is 3. The van der Waals surface area contributed by atoms with Gasteiger partial charge in [-0.3, -0.25) is 4.79 Å². The Kier molecular flexibility index (Phi) is 7.07. The summed E-state index contributed by atoms with van der Waals surface area (Å²) < 4.78 is 11.1. The quantitative estimate of drug-likeness (QED) is 0.725. The van der Waals surface area contributed by atoms with E-state index in [-0.39, 0.29) is 17.9 Å². The summed E-state index contributed by atoms with van der Waals surface area (Å²) in [5.41, 5.74) is 2.64. The lowest BCUT2D eigenvalue weighted by Crippen LogP contribution is -2.32. The second-order valence-corrected chi connectivity index (χ2v) is 7.26. The van der Waals surface area contributed by atoms with Gasteiger partial charge in [-0.1, -0.05) is 52.0 Å². The SMILES string of the molecule is CCc1ccc(OCC(=O)NCCOc2ccc(C(C)(C)C)cc2)cc1. The third-order valence-electron chi connectivity index (χ3n) is 4.11. The molecule has 0 aliphatic rings. The van der Waals surface area contributed by atoms with Crippen molar-refractivity contribution in [2.75, 3.05) is 19.8 Å². The standard InChI is InChI=1S/C22H29NO3/c1-5-17-6-10-20(11-7-17)26-16-21(24)23-14-15-25-19-12-8-18(9-13-19)22(2,3)4/h6-13H,5,14-16H2,1-4H3,(H,23,24). The van der Waals surface area contributed by atoms with E-state index in [9.17, 15) is 4.79 Å². The van der Waals surface area contributed by atoms with Gasteiger partial charge in [0.15, 0.2) is 6.61 Å². The van der Waals surface area contributed by atoms with E-state index in [0.717, 1.165) is 12.2 Å². The van der Waals surface area contributed by atoms with Crippen LogP contribution in [0.15, 0.2) is 48.5 Å². The Balaban J connectivity index is 1.65. The maximum atomic E-state index is 11.8. The third kappa shape index (κ3) is 6.43. The molecule has 4 nitrogen and oxygen atoms in total. The monoisotopic (exact) mass is 355 g/mol. The van der Waals surface area contributed by atoms with Gasteiger partial charge in [-0.2, -0.15) is 0 Å². The number of amides is 1. The van der Waals surface area contributed by atoms with Crippen LogP contribution in [0.3, 0.4) is 0 Å². The van der Waals surface area contributed by atoms with Crippen LogP contribution in [0.25, 0.3) is 0 Å². The molecule has 0 aromatic heterocycles. The number of aryl methyl sites for hydroxylation is 1. The highest BCUT2D eigenvalue weighted by atomic mass is 16.5. The number of rotatable bonds is 8. The zero-order valence-electron chi connectivity index (χ0n) is 16.2. The molecule has 0 saturated carbocycles. The van der Waals surface area contributed by atoms with Crippen molar-refractivity contribution >= 4 is 5.91 Å². The van der Waals surface area contributed by atoms with Gasteiger partial charge in [0, 0.05) is 0 Å². The summed E-state index contributed by atoms with van der Waals surface area (Å²) >= 11 is 0. The molecule has 0 saturated heterocycles. The van der Waals surface area contributed by atoms with Gasteiger partial charge in [0.05, 0.1) is 6.54 Å². The molecule has 1 amide bonds. The predicted molar refractivity (Wildman–Crippen MR) is 105 cm³/mol. The highest BCUT2D eigenvalue weighted by Crippen LogP contribution is 2.24. The van der Waals surface area contributed by atoms with Crippen LogP contribution in [0.1, 0.15) is 38.8 Å². The van der Waals surface area contributed by atoms with Gasteiger partial charge in [0.2, 0.25) is 0 Å². The molecule has 2 aromatic carbocycles. The Bertz CT molecular complexity index is 685. The number of hydrogen-bond donors (Lipinski definition) is 1. The van der Waals surface area contributed by atoms with Crippen LogP contribution < -0.4 is 14.8 Å². The molecular weight excluding hydrogens is 326 g/mol. The molecule has 2 aromatic rings. The van der Waals surface area contributed by atoms with E-state index in [4.69, 9.17) is 9.47 Å². The third-order valence-corrected chi connectivity index (χ3v) is 4.11. The average molecular weight is 355 g/mol. The first-order chi connectivity index (χ1) is 12.4. The summed E-state index contributed by atoms with van der Waals surface area (Å²) in [6.45, 7) is 9.51. The summed E-state index contributed by atoms with van der Waals surface area (Å²) in [7, 11) is 0. The highest BCUT2D eigenvalue weighted by Gasteiger charge is 2.12. The van der Waals surface area contributed by atoms with Crippen molar-refractivity contribution < 1.29 is 14.3 Å². The number of carbonyl (C=O) groups excluding carboxylic acids is 1. The molecule has 0 fully saturated rings. The first kappa shape index (κ1) is 19.8. The van der Waals surface area contributed by atoms with Crippen molar-refractivity contribution in [3.63, 3.8) is 0 Å². The Morgan fingerprint density at radius 1 is 0.923 bits per heavy atom. The maximum Gasteiger partial charge on any atom is 0.258 e. The topological polar surface area (TPSA) is 47.6 Å². The van der Waals surface area contributed by atoms with Crippen molar-refractivity contribution in [2.24, 2.45) is 0 Å². The molecule has 0 bridgehead atoms. The van der Waals surface area contributed by atoms with Crippen LogP contribution >= 0.6 is 0 Å². The van der Waals surface area contributed by atoms with Gasteiger partial charge >= 0.3 is 0 Å². The molecule has 0 heterocycles. The van der Waals surface area contributed by atoms with Crippen molar-refractivity contribution in [1.29, 1.82) is 0 Å². The van der Waals surface area contributed by atoms with Gasteiger partial charge in [0.1, 0.15) is 18.1 Å². The molecule has 0 spiro atoms. The zero-order chi connectivity index (χ0) is 19.0. The van der Waals surface area contributed by atoms with Gasteiger partial charge in [-0.05, 0) is 47.2 Å². The first-order valence-electron chi connectivity index (χ1n) is 9.10. The van der Waals surface area contributed by atoms with E-state index in [0.29, 0.717) is 18.9 Å². The Morgan fingerprint density at radius 3 is 2.08 bits per heavy atom. The lowest BCUT2D eigenvalue weighted by molar-refractivity contribution is -0.123. The van der Waals surface area contributed by atoms with E-state index in [1.54, 1.807) is 0 Å². The molecule has 0 aliphatic carbocycles. The minimum Gasteiger partial charge on any atom is -0.492 e. The van der Waals surface area contributed by atoms with Crippen LogP contribution in [0.4, 0.5) is 0 Å². The van der Waals surface area contributed by atoms with Crippen molar-refractivity contribution in [2.45, 2.75) is 39.5 Å². The average Bonchev–Trinajstić information content (AvgIpc) is 2.63. The number of nitrogens with one attached hydrogen (secondary N) is 1. The van der Waals surface area contributed by atoms with Crippen LogP contribution in [-0.2, 0) is 16.6 Å². The summed E-state index contributed by atoms with van der Waals surface area (Å²) in [6.07, 6.45) is 0.986. The van der Waals surface area contributed by atoms with Crippen LogP contribution in [0.5, 0.6) is 11.5 Å². The zero-order valence-corrected chi connectivity index (χ0v) is 16.2. The smallest absolute Gasteiger partial charge is 0.258 e. The second kappa shape index (κ2) is 9.27. The highest BCUT2D eigenvalue weighted by molar-refractivity contribution is 5.77. The van der Waals surface area contributed by atoms with Crippen molar-refractivity contribution in [1.82, 2.24) is 5.32 Å². The van der Waals surface area contributed by atoms with Crippen LogP contribution in [0.2, 0.25) is 0 Å². The first-order valence-corrected chi connectivity index (χ1v) is 9.10. The van der Waals surface area contributed by atoms with Gasteiger partial charge in [0.25, 0.3) is 5.91 Å². The minimum absolute atomic E-state index is 0.00571. The second-order valence-electron chi connectivity index (χ2n) is 7.26. The summed E-state index contributed by atoms with van der Waals surface area (Å²) in [4.78, 5) is 11.8. The van der Waals surface area contributed by atoms with E-state index >= 15 is 0 Å². The molecule has 0 aliphatic heterocycles. The van der Waals surface area contributed by atoms with Crippen LogP contribution in [0, 0.1) is 0 Å². The van der Waals surface area contributed by atoms with E-state index in [1.165, 1.54) is 11.1 Å². The molecule has 26 heavy (non-hydrogen) atoms. The molecule has 0 atom stereocenters. The van der Waals surface area contributed by atoms with Crippen molar-refractivity contribution in [3.05, 3.63) is 59.7 Å². The van der Waals surface area contributed by atoms with Gasteiger partial charge < -0.3 is 14.8 Å². The lowest BCUT2D eigenvalue weighted by Gasteiger charge is -2.19. The van der Waals surface area contributed by atoms with E-state index in [1.807, 2.05) is 36.4 Å². The number of ether oxygens (including phenoxy) is 2. The fourth-order valence-electron chi connectivity index (χ4n) is 2.43. The molecule has 0 unspecified atom stereocenters.